The zero-order valence-electron chi connectivity index (χ0n) is 12.3. The lowest BCUT2D eigenvalue weighted by atomic mass is 9.54. The summed E-state index contributed by atoms with van der Waals surface area (Å²) >= 11 is 0. The van der Waals surface area contributed by atoms with Crippen molar-refractivity contribution in [2.24, 2.45) is 23.7 Å². The molecule has 5 fully saturated rings. The van der Waals surface area contributed by atoms with Crippen molar-refractivity contribution in [3.05, 3.63) is 0 Å². The van der Waals surface area contributed by atoms with Crippen LogP contribution in [-0.2, 0) is 4.79 Å². The molecule has 1 aliphatic heterocycles. The molecule has 112 valence electrons. The molecule has 4 saturated carbocycles. The fourth-order valence-electron chi connectivity index (χ4n) is 5.83. The lowest BCUT2D eigenvalue weighted by molar-refractivity contribution is -0.143. The molecule has 5 rings (SSSR count). The number of aliphatic hydroxyl groups is 1. The Bertz CT molecular complexity index is 383. The van der Waals surface area contributed by atoms with Gasteiger partial charge < -0.3 is 15.3 Å². The SMILES string of the molecule is CN(C(=O)C1CC(O)CN1)C1C2CC3CC(C2)CC1C3. The molecule has 0 aromatic rings. The van der Waals surface area contributed by atoms with E-state index in [9.17, 15) is 9.90 Å². The van der Waals surface area contributed by atoms with Crippen LogP contribution in [0, 0.1) is 23.7 Å². The van der Waals surface area contributed by atoms with Gasteiger partial charge in [-0.1, -0.05) is 0 Å². The molecule has 4 nitrogen and oxygen atoms in total. The molecular formula is C16H26N2O2. The Balaban J connectivity index is 1.48. The van der Waals surface area contributed by atoms with Crippen LogP contribution in [0.3, 0.4) is 0 Å². The van der Waals surface area contributed by atoms with Crippen molar-refractivity contribution in [2.45, 2.75) is 56.7 Å². The predicted octanol–water partition coefficient (Wildman–Crippen LogP) is 0.992. The van der Waals surface area contributed by atoms with Gasteiger partial charge in [0.1, 0.15) is 0 Å². The van der Waals surface area contributed by atoms with Crippen LogP contribution in [0.15, 0.2) is 0 Å². The largest absolute Gasteiger partial charge is 0.392 e. The summed E-state index contributed by atoms with van der Waals surface area (Å²) in [6, 6.07) is 0.307. The summed E-state index contributed by atoms with van der Waals surface area (Å²) in [4.78, 5) is 14.7. The molecular weight excluding hydrogens is 252 g/mol. The number of likely N-dealkylation sites (N-methyl/N-ethyl adjacent to an activating group) is 1. The Kier molecular flexibility index (Phi) is 3.08. The van der Waals surface area contributed by atoms with Crippen LogP contribution >= 0.6 is 0 Å². The molecule has 1 heterocycles. The van der Waals surface area contributed by atoms with E-state index in [1.807, 2.05) is 11.9 Å². The molecule has 2 unspecified atom stereocenters. The zero-order chi connectivity index (χ0) is 13.9. The first-order chi connectivity index (χ1) is 9.61. The summed E-state index contributed by atoms with van der Waals surface area (Å²) in [5.74, 6) is 3.59. The highest BCUT2D eigenvalue weighted by molar-refractivity contribution is 5.82. The van der Waals surface area contributed by atoms with Crippen LogP contribution in [0.5, 0.6) is 0 Å². The van der Waals surface area contributed by atoms with Crippen molar-refractivity contribution < 1.29 is 9.90 Å². The van der Waals surface area contributed by atoms with E-state index in [4.69, 9.17) is 0 Å². The van der Waals surface area contributed by atoms with Gasteiger partial charge in [-0.05, 0) is 62.2 Å². The monoisotopic (exact) mass is 278 g/mol. The molecule has 2 N–H and O–H groups in total. The molecule has 4 heteroatoms. The highest BCUT2D eigenvalue weighted by atomic mass is 16.3. The average molecular weight is 278 g/mol. The quantitative estimate of drug-likeness (QED) is 0.792. The molecule has 4 aliphatic carbocycles. The Morgan fingerprint density at radius 1 is 1.05 bits per heavy atom. The molecule has 4 bridgehead atoms. The number of hydrogen-bond acceptors (Lipinski definition) is 3. The minimum absolute atomic E-state index is 0.160. The zero-order valence-corrected chi connectivity index (χ0v) is 12.3. The Morgan fingerprint density at radius 3 is 2.15 bits per heavy atom. The second-order valence-corrected chi connectivity index (χ2v) is 7.72. The number of β-amino-alcohol motifs (C(OH)–C–C–N with tert-alkyl or cyclic N) is 1. The summed E-state index contributed by atoms with van der Waals surface area (Å²) in [7, 11) is 2.00. The third-order valence-electron chi connectivity index (χ3n) is 6.38. The van der Waals surface area contributed by atoms with Crippen molar-refractivity contribution in [1.82, 2.24) is 10.2 Å². The minimum Gasteiger partial charge on any atom is -0.392 e. The number of aliphatic hydroxyl groups excluding tert-OH is 1. The number of carbonyl (C=O) groups excluding carboxylic acids is 1. The highest BCUT2D eigenvalue weighted by Gasteiger charge is 2.50. The van der Waals surface area contributed by atoms with Gasteiger partial charge in [0.2, 0.25) is 5.91 Å². The van der Waals surface area contributed by atoms with Gasteiger partial charge in [-0.2, -0.15) is 0 Å². The number of rotatable bonds is 2. The van der Waals surface area contributed by atoms with E-state index in [1.165, 1.54) is 32.1 Å². The normalized spacial score (nSPS) is 49.6. The van der Waals surface area contributed by atoms with Crippen LogP contribution in [0.4, 0.5) is 0 Å². The average Bonchev–Trinajstić information content (AvgIpc) is 2.83. The summed E-state index contributed by atoms with van der Waals surface area (Å²) < 4.78 is 0. The van der Waals surface area contributed by atoms with Crippen molar-refractivity contribution in [1.29, 1.82) is 0 Å². The van der Waals surface area contributed by atoms with Gasteiger partial charge in [0.05, 0.1) is 12.1 Å². The van der Waals surface area contributed by atoms with Gasteiger partial charge in [0.25, 0.3) is 0 Å². The topological polar surface area (TPSA) is 52.6 Å². The first-order valence-corrected chi connectivity index (χ1v) is 8.30. The molecule has 1 amide bonds. The molecule has 5 aliphatic rings. The molecule has 0 aromatic carbocycles. The number of hydrogen-bond donors (Lipinski definition) is 2. The molecule has 0 radical (unpaired) electrons. The van der Waals surface area contributed by atoms with Crippen molar-refractivity contribution >= 4 is 5.91 Å². The van der Waals surface area contributed by atoms with Gasteiger partial charge in [-0.25, -0.2) is 0 Å². The Labute approximate surface area is 120 Å². The number of amides is 1. The fourth-order valence-corrected chi connectivity index (χ4v) is 5.83. The minimum atomic E-state index is -0.351. The van der Waals surface area contributed by atoms with E-state index >= 15 is 0 Å². The van der Waals surface area contributed by atoms with E-state index in [-0.39, 0.29) is 18.1 Å². The van der Waals surface area contributed by atoms with Crippen LogP contribution in [0.1, 0.15) is 38.5 Å². The van der Waals surface area contributed by atoms with Gasteiger partial charge in [-0.15, -0.1) is 0 Å². The number of nitrogens with zero attached hydrogens (tertiary/aromatic N) is 1. The van der Waals surface area contributed by atoms with Gasteiger partial charge in [0.15, 0.2) is 0 Å². The summed E-state index contributed by atoms with van der Waals surface area (Å²) in [6.45, 7) is 0.561. The summed E-state index contributed by atoms with van der Waals surface area (Å²) in [6.07, 6.45) is 7.05. The molecule has 0 aromatic heterocycles. The van der Waals surface area contributed by atoms with Crippen LogP contribution in [0.25, 0.3) is 0 Å². The Hall–Kier alpha value is -0.610. The van der Waals surface area contributed by atoms with E-state index in [2.05, 4.69) is 5.32 Å². The number of carbonyl (C=O) groups is 1. The van der Waals surface area contributed by atoms with E-state index < -0.39 is 0 Å². The summed E-state index contributed by atoms with van der Waals surface area (Å²) in [5.41, 5.74) is 0. The molecule has 0 spiro atoms. The van der Waals surface area contributed by atoms with E-state index in [0.29, 0.717) is 19.0 Å². The van der Waals surface area contributed by atoms with E-state index in [0.717, 1.165) is 23.7 Å². The van der Waals surface area contributed by atoms with Crippen LogP contribution in [0.2, 0.25) is 0 Å². The number of nitrogens with one attached hydrogen (secondary N) is 1. The van der Waals surface area contributed by atoms with Gasteiger partial charge in [0, 0.05) is 19.6 Å². The molecule has 2 atom stereocenters. The third-order valence-corrected chi connectivity index (χ3v) is 6.38. The van der Waals surface area contributed by atoms with Crippen molar-refractivity contribution in [3.63, 3.8) is 0 Å². The smallest absolute Gasteiger partial charge is 0.239 e. The highest BCUT2D eigenvalue weighted by Crippen LogP contribution is 2.55. The lowest BCUT2D eigenvalue weighted by Gasteiger charge is -2.56. The van der Waals surface area contributed by atoms with Crippen molar-refractivity contribution in [3.8, 4) is 0 Å². The predicted molar refractivity (Wildman–Crippen MR) is 76.0 cm³/mol. The molecule has 20 heavy (non-hydrogen) atoms. The van der Waals surface area contributed by atoms with Crippen molar-refractivity contribution in [2.75, 3.05) is 13.6 Å². The second-order valence-electron chi connectivity index (χ2n) is 7.72. The maximum atomic E-state index is 12.7. The lowest BCUT2D eigenvalue weighted by Crippen LogP contribution is -2.58. The maximum Gasteiger partial charge on any atom is 0.239 e. The van der Waals surface area contributed by atoms with Gasteiger partial charge >= 0.3 is 0 Å². The standard InChI is InChI=1S/C16H26N2O2/c1-18(16(20)14-7-13(19)8-17-14)15-11-3-9-2-10(5-11)6-12(15)4-9/h9-15,17,19H,2-8H2,1H3. The van der Waals surface area contributed by atoms with E-state index in [1.54, 1.807) is 0 Å². The first kappa shape index (κ1) is 13.1. The second kappa shape index (κ2) is 4.70. The first-order valence-electron chi connectivity index (χ1n) is 8.30. The Morgan fingerprint density at radius 2 is 1.65 bits per heavy atom. The van der Waals surface area contributed by atoms with Crippen LogP contribution in [-0.4, -0.2) is 47.7 Å². The fraction of sp³-hybridized carbons (Fsp3) is 0.938. The third kappa shape index (κ3) is 2.00. The summed E-state index contributed by atoms with van der Waals surface area (Å²) in [5, 5.41) is 12.8. The molecule has 1 saturated heterocycles. The van der Waals surface area contributed by atoms with Gasteiger partial charge in [-0.3, -0.25) is 4.79 Å². The maximum absolute atomic E-state index is 12.7. The van der Waals surface area contributed by atoms with Crippen LogP contribution < -0.4 is 5.32 Å².